The zero-order valence-electron chi connectivity index (χ0n) is 19.5. The fourth-order valence-corrected chi connectivity index (χ4v) is 7.90. The maximum atomic E-state index is 14.1. The number of hydrogen-bond acceptors (Lipinski definition) is 4. The lowest BCUT2D eigenvalue weighted by molar-refractivity contribution is -0.0461. The summed E-state index contributed by atoms with van der Waals surface area (Å²) in [5.41, 5.74) is 0.746. The topological polar surface area (TPSA) is 79.4 Å². The summed E-state index contributed by atoms with van der Waals surface area (Å²) >= 11 is 7.32. The van der Waals surface area contributed by atoms with Gasteiger partial charge < -0.3 is 14.8 Å². The second kappa shape index (κ2) is 8.66. The van der Waals surface area contributed by atoms with Gasteiger partial charge in [-0.3, -0.25) is 9.59 Å². The van der Waals surface area contributed by atoms with Gasteiger partial charge in [0.1, 0.15) is 17.4 Å². The summed E-state index contributed by atoms with van der Waals surface area (Å²) in [5, 5.41) is 9.85. The predicted molar refractivity (Wildman–Crippen MR) is 140 cm³/mol. The van der Waals surface area contributed by atoms with Gasteiger partial charge in [0.25, 0.3) is 0 Å². The number of ketones is 1. The average molecular weight is 591 g/mol. The molecule has 1 aliphatic heterocycles. The Morgan fingerprint density at radius 1 is 1.26 bits per heavy atom. The van der Waals surface area contributed by atoms with E-state index in [0.717, 1.165) is 12.8 Å². The molecule has 0 unspecified atom stereocenters. The molecule has 180 valence electrons. The number of hydrogen-bond donors (Lipinski definition) is 2. The van der Waals surface area contributed by atoms with Crippen LogP contribution < -0.4 is 10.2 Å². The van der Waals surface area contributed by atoms with Gasteiger partial charge >= 0.3 is 0 Å². The summed E-state index contributed by atoms with van der Waals surface area (Å²) in [6.07, 6.45) is 8.77. The SMILES string of the molecule is C/C=C/[C@@H]1[C@H]2C[C@@H](C)CC[C@@H]2[C@](C)(Br)[C@H]2Oc3[nH]cc(-c4ccc(O)c(Br)c4)c(=O)c3C(=O)[C@@H]12. The van der Waals surface area contributed by atoms with Crippen molar-refractivity contribution in [3.63, 3.8) is 0 Å². The zero-order chi connectivity index (χ0) is 24.4. The molecule has 3 aliphatic rings. The minimum absolute atomic E-state index is 0.0277. The van der Waals surface area contributed by atoms with Crippen LogP contribution in [0.5, 0.6) is 11.6 Å². The molecule has 34 heavy (non-hydrogen) atoms. The van der Waals surface area contributed by atoms with Gasteiger partial charge in [0.05, 0.1) is 14.7 Å². The number of aromatic nitrogens is 1. The lowest BCUT2D eigenvalue weighted by Gasteiger charge is -2.57. The summed E-state index contributed by atoms with van der Waals surface area (Å²) in [5.74, 6) is 1.16. The first-order valence-electron chi connectivity index (χ1n) is 11.9. The molecule has 2 heterocycles. The van der Waals surface area contributed by atoms with Gasteiger partial charge in [-0.1, -0.05) is 47.5 Å². The highest BCUT2D eigenvalue weighted by molar-refractivity contribution is 9.10. The number of phenolic OH excluding ortho intramolecular Hbond substituents is 1. The number of ether oxygens (including phenoxy) is 1. The number of aromatic amines is 1. The van der Waals surface area contributed by atoms with E-state index in [4.69, 9.17) is 4.74 Å². The summed E-state index contributed by atoms with van der Waals surface area (Å²) in [6, 6.07) is 4.87. The number of phenols is 1. The van der Waals surface area contributed by atoms with Crippen LogP contribution in [0.25, 0.3) is 11.1 Å². The normalized spacial score (nSPS) is 34.8. The second-order valence-corrected chi connectivity index (χ2v) is 12.8. The largest absolute Gasteiger partial charge is 0.507 e. The van der Waals surface area contributed by atoms with E-state index in [2.05, 4.69) is 56.8 Å². The number of alkyl halides is 1. The fraction of sp³-hybridized carbons (Fsp3) is 0.481. The van der Waals surface area contributed by atoms with Crippen molar-refractivity contribution in [2.24, 2.45) is 29.6 Å². The maximum absolute atomic E-state index is 14.1. The van der Waals surface area contributed by atoms with Gasteiger partial charge in [-0.25, -0.2) is 0 Å². The number of nitrogens with one attached hydrogen (secondary N) is 1. The summed E-state index contributed by atoms with van der Waals surface area (Å²) < 4.78 is 6.60. The van der Waals surface area contributed by atoms with Gasteiger partial charge in [-0.15, -0.1) is 0 Å². The maximum Gasteiger partial charge on any atom is 0.206 e. The molecular formula is C27H29Br2NO4. The Labute approximate surface area is 216 Å². The molecule has 1 aromatic heterocycles. The van der Waals surface area contributed by atoms with Crippen LogP contribution in [0, 0.1) is 29.6 Å². The van der Waals surface area contributed by atoms with Crippen LogP contribution >= 0.6 is 31.9 Å². The van der Waals surface area contributed by atoms with E-state index >= 15 is 0 Å². The van der Waals surface area contributed by atoms with Crippen molar-refractivity contribution in [2.75, 3.05) is 0 Å². The molecule has 0 radical (unpaired) electrons. The Bertz CT molecular complexity index is 1230. The Hall–Kier alpha value is -1.86. The number of pyridine rings is 1. The predicted octanol–water partition coefficient (Wildman–Crippen LogP) is 6.48. The molecule has 0 spiro atoms. The van der Waals surface area contributed by atoms with Gasteiger partial charge in [-0.2, -0.15) is 0 Å². The van der Waals surface area contributed by atoms with E-state index in [9.17, 15) is 14.7 Å². The van der Waals surface area contributed by atoms with E-state index in [0.29, 0.717) is 33.4 Å². The van der Waals surface area contributed by atoms with E-state index in [1.54, 1.807) is 18.3 Å². The lowest BCUT2D eigenvalue weighted by Crippen LogP contribution is -2.63. The number of rotatable bonds is 2. The summed E-state index contributed by atoms with van der Waals surface area (Å²) in [6.45, 7) is 6.44. The lowest BCUT2D eigenvalue weighted by atomic mass is 9.53. The Kier molecular flexibility index (Phi) is 6.08. The molecule has 5 rings (SSSR count). The third-order valence-electron chi connectivity index (χ3n) is 8.19. The molecule has 7 heteroatoms. The molecule has 2 aliphatic carbocycles. The van der Waals surface area contributed by atoms with Crippen LogP contribution in [0.1, 0.15) is 50.4 Å². The first-order chi connectivity index (χ1) is 16.1. The fourth-order valence-electron chi connectivity index (χ4n) is 6.58. The Balaban J connectivity index is 1.64. The summed E-state index contributed by atoms with van der Waals surface area (Å²) in [4.78, 5) is 30.8. The molecule has 5 nitrogen and oxygen atoms in total. The van der Waals surface area contributed by atoms with Crippen LogP contribution in [0.2, 0.25) is 0 Å². The zero-order valence-corrected chi connectivity index (χ0v) is 22.6. The van der Waals surface area contributed by atoms with Crippen molar-refractivity contribution in [1.29, 1.82) is 0 Å². The highest BCUT2D eigenvalue weighted by atomic mass is 79.9. The molecule has 1 aromatic carbocycles. The number of H-pyrrole nitrogens is 1. The van der Waals surface area contributed by atoms with Crippen LogP contribution in [-0.2, 0) is 0 Å². The highest BCUT2D eigenvalue weighted by Gasteiger charge is 2.61. The van der Waals surface area contributed by atoms with Crippen LogP contribution in [0.3, 0.4) is 0 Å². The number of halogens is 2. The third kappa shape index (κ3) is 3.62. The van der Waals surface area contributed by atoms with Crippen LogP contribution in [0.4, 0.5) is 0 Å². The third-order valence-corrected chi connectivity index (χ3v) is 9.87. The number of carbonyl (C=O) groups is 1. The van der Waals surface area contributed by atoms with Crippen LogP contribution in [0.15, 0.2) is 45.8 Å². The highest BCUT2D eigenvalue weighted by Crippen LogP contribution is 2.58. The number of benzene rings is 1. The van der Waals surface area contributed by atoms with Crippen molar-refractivity contribution in [1.82, 2.24) is 4.98 Å². The molecule has 2 saturated carbocycles. The van der Waals surface area contributed by atoms with E-state index < -0.39 is 5.92 Å². The van der Waals surface area contributed by atoms with Crippen molar-refractivity contribution in [3.8, 4) is 22.8 Å². The number of carbonyl (C=O) groups excluding carboxylic acids is 1. The molecule has 0 saturated heterocycles. The molecule has 0 bridgehead atoms. The smallest absolute Gasteiger partial charge is 0.206 e. The number of Topliss-reactive ketones (excluding diaryl/α,β-unsaturated/α-hetero) is 1. The molecule has 7 atom stereocenters. The van der Waals surface area contributed by atoms with Gasteiger partial charge in [0.15, 0.2) is 5.78 Å². The number of allylic oxidation sites excluding steroid dienone is 2. The van der Waals surface area contributed by atoms with E-state index in [-0.39, 0.29) is 44.8 Å². The minimum Gasteiger partial charge on any atom is -0.507 e. The Morgan fingerprint density at radius 2 is 2.03 bits per heavy atom. The first-order valence-corrected chi connectivity index (χ1v) is 13.5. The monoisotopic (exact) mass is 589 g/mol. The van der Waals surface area contributed by atoms with Gasteiger partial charge in [0.2, 0.25) is 11.3 Å². The first kappa shape index (κ1) is 23.9. The number of aromatic hydroxyl groups is 1. The second-order valence-electron chi connectivity index (χ2n) is 10.3. The summed E-state index contributed by atoms with van der Waals surface area (Å²) in [7, 11) is 0. The molecule has 2 N–H and O–H groups in total. The molecular weight excluding hydrogens is 562 g/mol. The van der Waals surface area contributed by atoms with Gasteiger partial charge in [-0.05, 0) is 84.0 Å². The van der Waals surface area contributed by atoms with E-state index in [1.165, 1.54) is 12.5 Å². The Morgan fingerprint density at radius 3 is 2.74 bits per heavy atom. The van der Waals surface area contributed by atoms with Crippen LogP contribution in [-0.4, -0.2) is 26.3 Å². The van der Waals surface area contributed by atoms with Gasteiger partial charge in [0, 0.05) is 11.8 Å². The van der Waals surface area contributed by atoms with Crippen molar-refractivity contribution >= 4 is 37.6 Å². The molecule has 2 fully saturated rings. The van der Waals surface area contributed by atoms with Crippen molar-refractivity contribution in [3.05, 3.63) is 56.8 Å². The average Bonchev–Trinajstić information content (AvgIpc) is 2.79. The quantitative estimate of drug-likeness (QED) is 0.310. The van der Waals surface area contributed by atoms with Crippen molar-refractivity contribution in [2.45, 2.75) is 50.5 Å². The standard InChI is InChI=1S/C27H29Br2NO4/c1-4-5-15-16-10-13(2)6-8-18(16)27(3,29)25-21(15)24(33)22-23(32)17(12-30-26(22)34-25)14-7-9-20(31)19(28)11-14/h4-5,7,9,11-13,15-16,18,21,25,31H,6,8,10H2,1-3H3,(H,30,32)/b5-4+/t13-,15+,16+,18-,21+,25-,27-/m0/s1. The van der Waals surface area contributed by atoms with Crippen molar-refractivity contribution < 1.29 is 14.6 Å². The number of fused-ring (bicyclic) bond motifs is 3. The molecule has 0 amide bonds. The minimum atomic E-state index is -0.428. The van der Waals surface area contributed by atoms with E-state index in [1.807, 2.05) is 13.0 Å². The molecule has 2 aromatic rings.